The van der Waals surface area contributed by atoms with Crippen molar-refractivity contribution in [3.8, 4) is 0 Å². The zero-order chi connectivity index (χ0) is 22.1. The Morgan fingerprint density at radius 1 is 1.23 bits per heavy atom. The molecule has 0 spiro atoms. The molecule has 7 heteroatoms. The van der Waals surface area contributed by atoms with Crippen LogP contribution < -0.4 is 0 Å². The third kappa shape index (κ3) is 2.86. The zero-order valence-corrected chi connectivity index (χ0v) is 18.6. The lowest BCUT2D eigenvalue weighted by Gasteiger charge is -2.60. The highest BCUT2D eigenvalue weighted by Crippen LogP contribution is 2.68. The molecule has 0 heterocycles. The Morgan fingerprint density at radius 2 is 1.93 bits per heavy atom. The molecule has 3 saturated carbocycles. The molecule has 2 N–H and O–H groups in total. The van der Waals surface area contributed by atoms with Gasteiger partial charge in [0.1, 0.15) is 0 Å². The molecule has 4 aliphatic carbocycles. The van der Waals surface area contributed by atoms with E-state index in [1.165, 1.54) is 6.92 Å². The van der Waals surface area contributed by atoms with Crippen LogP contribution in [0.5, 0.6) is 0 Å². The van der Waals surface area contributed by atoms with E-state index in [0.717, 1.165) is 24.8 Å². The van der Waals surface area contributed by atoms with Crippen molar-refractivity contribution in [3.05, 3.63) is 11.6 Å². The van der Waals surface area contributed by atoms with Gasteiger partial charge in [-0.2, -0.15) is 0 Å². The summed E-state index contributed by atoms with van der Waals surface area (Å²) < 4.78 is 5.67. The number of carbonyl (C=O) groups is 3. The molecule has 0 aromatic heterocycles. The number of fused-ring (bicyclic) bond motifs is 5. The summed E-state index contributed by atoms with van der Waals surface area (Å²) in [6.45, 7) is 5.32. The van der Waals surface area contributed by atoms with Gasteiger partial charge >= 0.3 is 5.97 Å². The number of carbonyl (C=O) groups excluding carboxylic acids is 3. The molecule has 4 aliphatic rings. The minimum atomic E-state index is -1.77. The number of esters is 1. The van der Waals surface area contributed by atoms with Gasteiger partial charge in [0.05, 0.1) is 6.10 Å². The third-order valence-electron chi connectivity index (χ3n) is 8.95. The number of hydrogen-bond donors (Lipinski definition) is 2. The molecule has 4 rings (SSSR count). The fraction of sp³-hybridized carbons (Fsp3) is 0.783. The first-order chi connectivity index (χ1) is 14.0. The maximum atomic E-state index is 13.1. The van der Waals surface area contributed by atoms with Gasteiger partial charge < -0.3 is 14.9 Å². The maximum absolute atomic E-state index is 13.1. The standard InChI is InChI=1S/C23H31ClO6/c1-12(25)30-23(19(28)20(24)29)9-7-16-15-5-4-13-10-14(26)6-8-21(13,2)18(15)17(27)11-22(16,23)3/h10,15-18,20,27,29H,4-9,11H2,1-3H3/t15-,16-,17-,18+,20?,21-,22-,23-/m0/s1. The van der Waals surface area contributed by atoms with Crippen LogP contribution in [0.15, 0.2) is 11.6 Å². The highest BCUT2D eigenvalue weighted by molar-refractivity contribution is 6.31. The fourth-order valence-corrected chi connectivity index (χ4v) is 7.91. The van der Waals surface area contributed by atoms with Crippen molar-refractivity contribution in [2.75, 3.05) is 0 Å². The Balaban J connectivity index is 1.77. The Morgan fingerprint density at radius 3 is 2.57 bits per heavy atom. The van der Waals surface area contributed by atoms with Crippen molar-refractivity contribution in [3.63, 3.8) is 0 Å². The van der Waals surface area contributed by atoms with Crippen LogP contribution in [0.25, 0.3) is 0 Å². The van der Waals surface area contributed by atoms with Crippen molar-refractivity contribution in [1.29, 1.82) is 0 Å². The van der Waals surface area contributed by atoms with Gasteiger partial charge in [0, 0.05) is 18.8 Å². The predicted molar refractivity (Wildman–Crippen MR) is 109 cm³/mol. The molecular formula is C23H31ClO6. The smallest absolute Gasteiger partial charge is 0.303 e. The van der Waals surface area contributed by atoms with E-state index in [9.17, 15) is 24.6 Å². The van der Waals surface area contributed by atoms with E-state index in [0.29, 0.717) is 19.3 Å². The Labute approximate surface area is 182 Å². The van der Waals surface area contributed by atoms with E-state index in [2.05, 4.69) is 6.92 Å². The van der Waals surface area contributed by atoms with Gasteiger partial charge in [-0.1, -0.05) is 31.0 Å². The molecule has 1 unspecified atom stereocenters. The second kappa shape index (κ2) is 7.14. The molecule has 0 radical (unpaired) electrons. The van der Waals surface area contributed by atoms with Crippen LogP contribution >= 0.6 is 11.6 Å². The van der Waals surface area contributed by atoms with Crippen molar-refractivity contribution in [2.24, 2.45) is 28.6 Å². The number of allylic oxidation sites excluding steroid dienone is 1. The van der Waals surface area contributed by atoms with Gasteiger partial charge in [0.2, 0.25) is 5.78 Å². The summed E-state index contributed by atoms with van der Waals surface area (Å²) in [5.74, 6) is -0.931. The number of ketones is 2. The molecule has 0 aliphatic heterocycles. The quantitative estimate of drug-likeness (QED) is 0.519. The monoisotopic (exact) mass is 438 g/mol. The first-order valence-electron chi connectivity index (χ1n) is 10.9. The molecule has 0 bridgehead atoms. The summed E-state index contributed by atoms with van der Waals surface area (Å²) in [6, 6.07) is 0. The van der Waals surface area contributed by atoms with Crippen molar-refractivity contribution in [2.45, 2.75) is 83.0 Å². The van der Waals surface area contributed by atoms with Gasteiger partial charge in [-0.25, -0.2) is 0 Å². The van der Waals surface area contributed by atoms with Gasteiger partial charge in [-0.3, -0.25) is 14.4 Å². The fourth-order valence-electron chi connectivity index (χ4n) is 7.74. The van der Waals surface area contributed by atoms with Crippen molar-refractivity contribution < 1.29 is 29.3 Å². The van der Waals surface area contributed by atoms with Crippen LogP contribution in [0, 0.1) is 28.6 Å². The van der Waals surface area contributed by atoms with E-state index in [4.69, 9.17) is 16.3 Å². The number of aliphatic hydroxyl groups excluding tert-OH is 2. The van der Waals surface area contributed by atoms with E-state index in [1.54, 1.807) is 6.08 Å². The van der Waals surface area contributed by atoms with Crippen molar-refractivity contribution >= 4 is 29.1 Å². The lowest BCUT2D eigenvalue weighted by atomic mass is 9.45. The minimum Gasteiger partial charge on any atom is -0.450 e. The van der Waals surface area contributed by atoms with Gasteiger partial charge in [0.15, 0.2) is 16.9 Å². The Bertz CT molecular complexity index is 821. The molecular weight excluding hydrogens is 408 g/mol. The predicted octanol–water partition coefficient (Wildman–Crippen LogP) is 2.92. The summed E-state index contributed by atoms with van der Waals surface area (Å²) in [7, 11) is 0. The first-order valence-corrected chi connectivity index (χ1v) is 11.4. The number of alkyl halides is 1. The van der Waals surface area contributed by atoms with Crippen LogP contribution in [-0.2, 0) is 19.1 Å². The number of Topliss-reactive ketones (excluding diaryl/α,β-unsaturated/α-hetero) is 1. The molecule has 3 fully saturated rings. The van der Waals surface area contributed by atoms with Crippen LogP contribution in [0.1, 0.15) is 65.7 Å². The average molecular weight is 439 g/mol. The SMILES string of the molecule is CC(=O)O[C@]1(C(=O)C(O)Cl)CC[C@H]2[C@@H]3CCC4=CC(=O)CC[C@]4(C)[C@H]3[C@@H](O)C[C@@]21C. The molecule has 30 heavy (non-hydrogen) atoms. The molecule has 0 aromatic carbocycles. The van der Waals surface area contributed by atoms with Crippen LogP contribution in [0.2, 0.25) is 0 Å². The Hall–Kier alpha value is -1.24. The number of halogens is 1. The lowest BCUT2D eigenvalue weighted by Crippen LogP contribution is -2.63. The molecule has 0 amide bonds. The number of rotatable bonds is 3. The van der Waals surface area contributed by atoms with E-state index >= 15 is 0 Å². The normalized spacial score (nSPS) is 46.2. The topological polar surface area (TPSA) is 101 Å². The lowest BCUT2D eigenvalue weighted by molar-refractivity contribution is -0.201. The van der Waals surface area contributed by atoms with Gasteiger partial charge in [-0.15, -0.1) is 0 Å². The summed E-state index contributed by atoms with van der Waals surface area (Å²) in [5.41, 5.74) is -3.21. The second-order valence-corrected chi connectivity index (χ2v) is 10.6. The number of ether oxygens (including phenoxy) is 1. The number of hydrogen-bond acceptors (Lipinski definition) is 6. The zero-order valence-electron chi connectivity index (χ0n) is 17.8. The van der Waals surface area contributed by atoms with E-state index < -0.39 is 34.4 Å². The maximum Gasteiger partial charge on any atom is 0.303 e. The largest absolute Gasteiger partial charge is 0.450 e. The third-order valence-corrected chi connectivity index (χ3v) is 9.15. The first kappa shape index (κ1) is 22.0. The van der Waals surface area contributed by atoms with Gasteiger partial charge in [0.25, 0.3) is 0 Å². The minimum absolute atomic E-state index is 0.00664. The van der Waals surface area contributed by atoms with Crippen LogP contribution in [-0.4, -0.2) is 45.0 Å². The highest BCUT2D eigenvalue weighted by atomic mass is 35.5. The molecule has 8 atom stereocenters. The second-order valence-electron chi connectivity index (χ2n) is 10.2. The van der Waals surface area contributed by atoms with Crippen molar-refractivity contribution in [1.82, 2.24) is 0 Å². The summed E-state index contributed by atoms with van der Waals surface area (Å²) in [4.78, 5) is 37.1. The van der Waals surface area contributed by atoms with Crippen LogP contribution in [0.4, 0.5) is 0 Å². The molecule has 166 valence electrons. The Kier molecular flexibility index (Phi) is 5.23. The number of aliphatic hydroxyl groups is 2. The molecule has 0 aromatic rings. The average Bonchev–Trinajstić information content (AvgIpc) is 2.93. The van der Waals surface area contributed by atoms with Crippen LogP contribution in [0.3, 0.4) is 0 Å². The highest BCUT2D eigenvalue weighted by Gasteiger charge is 2.71. The van der Waals surface area contributed by atoms with E-state index in [-0.39, 0.29) is 35.4 Å². The molecule has 0 saturated heterocycles. The van der Waals surface area contributed by atoms with Gasteiger partial charge in [-0.05, 0) is 67.8 Å². The summed E-state index contributed by atoms with van der Waals surface area (Å²) in [6.07, 6.45) is 5.18. The summed E-state index contributed by atoms with van der Waals surface area (Å²) >= 11 is 5.79. The summed E-state index contributed by atoms with van der Waals surface area (Å²) in [5, 5.41) is 21.3. The molecule has 6 nitrogen and oxygen atoms in total. The van der Waals surface area contributed by atoms with E-state index in [1.807, 2.05) is 6.92 Å².